The molecule has 1 aliphatic rings. The first-order valence-electron chi connectivity index (χ1n) is 9.89. The smallest absolute Gasteiger partial charge is 0.267 e. The Morgan fingerprint density at radius 2 is 1.84 bits per heavy atom. The van der Waals surface area contributed by atoms with Gasteiger partial charge in [0.05, 0.1) is 17.8 Å². The van der Waals surface area contributed by atoms with Gasteiger partial charge < -0.3 is 19.7 Å². The molecule has 31 heavy (non-hydrogen) atoms. The van der Waals surface area contributed by atoms with Gasteiger partial charge in [-0.3, -0.25) is 9.59 Å². The Hall–Kier alpha value is -3.32. The summed E-state index contributed by atoms with van der Waals surface area (Å²) in [6.07, 6.45) is -0.626. The summed E-state index contributed by atoms with van der Waals surface area (Å²) in [5.41, 5.74) is 1.77. The summed E-state index contributed by atoms with van der Waals surface area (Å²) in [7, 11) is 0. The monoisotopic (exact) mass is 480 g/mol. The van der Waals surface area contributed by atoms with Crippen molar-refractivity contribution in [3.05, 3.63) is 82.8 Å². The van der Waals surface area contributed by atoms with Crippen LogP contribution in [0.2, 0.25) is 0 Å². The second-order valence-corrected chi connectivity index (χ2v) is 7.88. The molecule has 1 unspecified atom stereocenters. The van der Waals surface area contributed by atoms with Crippen LogP contribution in [-0.4, -0.2) is 31.1 Å². The first-order chi connectivity index (χ1) is 15.0. The summed E-state index contributed by atoms with van der Waals surface area (Å²) < 4.78 is 12.3. The summed E-state index contributed by atoms with van der Waals surface area (Å²) >= 11 is 3.39. The molecule has 1 aliphatic heterocycles. The molecule has 0 saturated heterocycles. The molecule has 6 nitrogen and oxygen atoms in total. The third-order valence-corrected chi connectivity index (χ3v) is 5.56. The fraction of sp³-hybridized carbons (Fsp3) is 0.167. The molecule has 0 fully saturated rings. The zero-order valence-electron chi connectivity index (χ0n) is 16.9. The molecule has 1 heterocycles. The number of hydrogen-bond acceptors (Lipinski definition) is 4. The van der Waals surface area contributed by atoms with Crippen molar-refractivity contribution in [1.29, 1.82) is 0 Å². The number of carbonyl (C=O) groups excluding carboxylic acids is 2. The SMILES string of the molecule is CC1Oc2cc(NC(=O)c3ccccc3Br)ccc2N(CCOc2ccccc2)C1=O. The largest absolute Gasteiger partial charge is 0.492 e. The molecule has 1 N–H and O–H groups in total. The number of para-hydroxylation sites is 1. The summed E-state index contributed by atoms with van der Waals surface area (Å²) in [6.45, 7) is 2.45. The lowest BCUT2D eigenvalue weighted by atomic mass is 10.1. The maximum Gasteiger partial charge on any atom is 0.267 e. The van der Waals surface area contributed by atoms with Crippen molar-refractivity contribution >= 4 is 39.1 Å². The number of amides is 2. The van der Waals surface area contributed by atoms with Crippen molar-refractivity contribution in [2.24, 2.45) is 0 Å². The van der Waals surface area contributed by atoms with Crippen molar-refractivity contribution in [3.63, 3.8) is 0 Å². The van der Waals surface area contributed by atoms with Gasteiger partial charge in [0.1, 0.15) is 18.1 Å². The van der Waals surface area contributed by atoms with Crippen LogP contribution >= 0.6 is 15.9 Å². The van der Waals surface area contributed by atoms with Gasteiger partial charge in [0, 0.05) is 16.2 Å². The Morgan fingerprint density at radius 3 is 2.61 bits per heavy atom. The summed E-state index contributed by atoms with van der Waals surface area (Å²) in [6, 6.07) is 21.9. The molecule has 3 aromatic rings. The molecule has 3 aromatic carbocycles. The number of ether oxygens (including phenoxy) is 2. The summed E-state index contributed by atoms with van der Waals surface area (Å²) in [5.74, 6) is 0.924. The van der Waals surface area contributed by atoms with E-state index in [4.69, 9.17) is 9.47 Å². The maximum absolute atomic E-state index is 12.7. The van der Waals surface area contributed by atoms with Crippen LogP contribution in [-0.2, 0) is 4.79 Å². The molecule has 0 bridgehead atoms. The van der Waals surface area contributed by atoms with Gasteiger partial charge in [0.2, 0.25) is 0 Å². The minimum absolute atomic E-state index is 0.130. The zero-order chi connectivity index (χ0) is 21.8. The van der Waals surface area contributed by atoms with E-state index in [2.05, 4.69) is 21.2 Å². The van der Waals surface area contributed by atoms with Crippen LogP contribution in [0.4, 0.5) is 11.4 Å². The minimum atomic E-state index is -0.626. The van der Waals surface area contributed by atoms with E-state index in [1.54, 1.807) is 42.2 Å². The summed E-state index contributed by atoms with van der Waals surface area (Å²) in [5, 5.41) is 2.88. The second kappa shape index (κ2) is 9.22. The number of nitrogens with zero attached hydrogens (tertiary/aromatic N) is 1. The number of anilines is 2. The van der Waals surface area contributed by atoms with E-state index in [1.165, 1.54) is 0 Å². The van der Waals surface area contributed by atoms with Crippen molar-refractivity contribution in [1.82, 2.24) is 0 Å². The highest BCUT2D eigenvalue weighted by atomic mass is 79.9. The molecule has 0 radical (unpaired) electrons. The van der Waals surface area contributed by atoms with E-state index < -0.39 is 6.10 Å². The Balaban J connectivity index is 1.49. The highest BCUT2D eigenvalue weighted by Crippen LogP contribution is 2.36. The molecule has 2 amide bonds. The lowest BCUT2D eigenvalue weighted by Crippen LogP contribution is -2.46. The Morgan fingerprint density at radius 1 is 1.10 bits per heavy atom. The number of nitrogens with one attached hydrogen (secondary N) is 1. The fourth-order valence-electron chi connectivity index (χ4n) is 3.33. The molecule has 158 valence electrons. The van der Waals surface area contributed by atoms with Gasteiger partial charge in [-0.25, -0.2) is 0 Å². The summed E-state index contributed by atoms with van der Waals surface area (Å²) in [4.78, 5) is 26.9. The van der Waals surface area contributed by atoms with Gasteiger partial charge in [-0.1, -0.05) is 30.3 Å². The minimum Gasteiger partial charge on any atom is -0.492 e. The van der Waals surface area contributed by atoms with E-state index in [0.29, 0.717) is 40.3 Å². The van der Waals surface area contributed by atoms with Crippen LogP contribution in [0.25, 0.3) is 0 Å². The molecule has 7 heteroatoms. The Labute approximate surface area is 188 Å². The van der Waals surface area contributed by atoms with Gasteiger partial charge in [-0.15, -0.1) is 0 Å². The Kier molecular flexibility index (Phi) is 6.23. The number of hydrogen-bond donors (Lipinski definition) is 1. The van der Waals surface area contributed by atoms with Crippen LogP contribution in [0.3, 0.4) is 0 Å². The normalized spacial score (nSPS) is 15.1. The number of fused-ring (bicyclic) bond motifs is 1. The van der Waals surface area contributed by atoms with E-state index in [0.717, 1.165) is 5.75 Å². The van der Waals surface area contributed by atoms with Crippen LogP contribution in [0.15, 0.2) is 77.3 Å². The molecule has 0 saturated carbocycles. The van der Waals surface area contributed by atoms with Crippen LogP contribution in [0.5, 0.6) is 11.5 Å². The maximum atomic E-state index is 12.7. The predicted octanol–water partition coefficient (Wildman–Crippen LogP) is 4.89. The van der Waals surface area contributed by atoms with Gasteiger partial charge in [0.15, 0.2) is 6.10 Å². The average Bonchev–Trinajstić information content (AvgIpc) is 2.77. The molecular weight excluding hydrogens is 460 g/mol. The van der Waals surface area contributed by atoms with E-state index in [1.807, 2.05) is 42.5 Å². The number of halogens is 1. The fourth-order valence-corrected chi connectivity index (χ4v) is 3.80. The van der Waals surface area contributed by atoms with Gasteiger partial charge >= 0.3 is 0 Å². The van der Waals surface area contributed by atoms with Crippen molar-refractivity contribution < 1.29 is 19.1 Å². The number of carbonyl (C=O) groups is 2. The Bertz CT molecular complexity index is 1100. The lowest BCUT2D eigenvalue weighted by Gasteiger charge is -2.33. The number of rotatable bonds is 6. The van der Waals surface area contributed by atoms with Crippen molar-refractivity contribution in [2.45, 2.75) is 13.0 Å². The average molecular weight is 481 g/mol. The molecule has 0 aromatic heterocycles. The van der Waals surface area contributed by atoms with Crippen LogP contribution in [0, 0.1) is 0 Å². The molecule has 0 spiro atoms. The first kappa shape index (κ1) is 20.9. The molecule has 0 aliphatic carbocycles. The quantitative estimate of drug-likeness (QED) is 0.544. The van der Waals surface area contributed by atoms with Crippen molar-refractivity contribution in [2.75, 3.05) is 23.4 Å². The lowest BCUT2D eigenvalue weighted by molar-refractivity contribution is -0.125. The second-order valence-electron chi connectivity index (χ2n) is 7.03. The zero-order valence-corrected chi connectivity index (χ0v) is 18.5. The van der Waals surface area contributed by atoms with Gasteiger partial charge in [-0.05, 0) is 59.3 Å². The highest BCUT2D eigenvalue weighted by Gasteiger charge is 2.31. The van der Waals surface area contributed by atoms with Crippen LogP contribution in [0.1, 0.15) is 17.3 Å². The third kappa shape index (κ3) is 4.72. The first-order valence-corrected chi connectivity index (χ1v) is 10.7. The van der Waals surface area contributed by atoms with Crippen molar-refractivity contribution in [3.8, 4) is 11.5 Å². The predicted molar refractivity (Wildman–Crippen MR) is 123 cm³/mol. The molecule has 1 atom stereocenters. The number of benzene rings is 3. The molecular formula is C24H21BrN2O4. The van der Waals surface area contributed by atoms with E-state index in [9.17, 15) is 9.59 Å². The van der Waals surface area contributed by atoms with Gasteiger partial charge in [0.25, 0.3) is 11.8 Å². The standard InChI is InChI=1S/C24H21BrN2O4/c1-16-24(29)27(13-14-30-18-7-3-2-4-8-18)21-12-11-17(15-22(21)31-16)26-23(28)19-9-5-6-10-20(19)25/h2-12,15-16H,13-14H2,1H3,(H,26,28). The van der Waals surface area contributed by atoms with E-state index >= 15 is 0 Å². The van der Waals surface area contributed by atoms with E-state index in [-0.39, 0.29) is 11.8 Å². The highest BCUT2D eigenvalue weighted by molar-refractivity contribution is 9.10. The topological polar surface area (TPSA) is 67.9 Å². The third-order valence-electron chi connectivity index (χ3n) is 4.87. The molecule has 4 rings (SSSR count). The van der Waals surface area contributed by atoms with Crippen LogP contribution < -0.4 is 19.7 Å². The van der Waals surface area contributed by atoms with Gasteiger partial charge in [-0.2, -0.15) is 0 Å².